The lowest BCUT2D eigenvalue weighted by Crippen LogP contribution is -2.67. The van der Waals surface area contributed by atoms with Crippen molar-refractivity contribution in [2.45, 2.75) is 49.9 Å². The van der Waals surface area contributed by atoms with Crippen LogP contribution in [0.1, 0.15) is 43.5 Å². The zero-order valence-corrected chi connectivity index (χ0v) is 21.5. The number of phenolic OH excluding ortho intramolecular Hbond substituents is 2. The van der Waals surface area contributed by atoms with Crippen LogP contribution in [0.25, 0.3) is 0 Å². The van der Waals surface area contributed by atoms with Crippen molar-refractivity contribution < 1.29 is 43.3 Å². The van der Waals surface area contributed by atoms with Gasteiger partial charge in [-0.2, -0.15) is 5.10 Å². The number of rotatable bonds is 8. The Kier molecular flexibility index (Phi) is 8.45. The summed E-state index contributed by atoms with van der Waals surface area (Å²) >= 11 is 3.21. The van der Waals surface area contributed by atoms with Crippen LogP contribution in [0.4, 0.5) is 0 Å². The van der Waals surface area contributed by atoms with Crippen LogP contribution in [0, 0.1) is 5.92 Å². The summed E-state index contributed by atoms with van der Waals surface area (Å²) in [5.41, 5.74) is 2.18. The molecule has 2 aliphatic rings. The molecule has 15 heteroatoms. The molecule has 5 atom stereocenters. The Morgan fingerprint density at radius 1 is 1.32 bits per heavy atom. The molecule has 5 N–H and O–H groups in total. The highest BCUT2D eigenvalue weighted by Crippen LogP contribution is 2.36. The molecule has 1 aromatic rings. The Bertz CT molecular complexity index is 1180. The number of aliphatic carboxylic acids is 1. The number of β-lactam (4-membered cyclic amide) rings is 1. The quantitative estimate of drug-likeness (QED) is 0.100. The maximum Gasteiger partial charge on any atom is 0.328 e. The van der Waals surface area contributed by atoms with Gasteiger partial charge in [0, 0.05) is 31.8 Å². The molecule has 2 heterocycles. The molecule has 2 unspecified atom stereocenters. The fourth-order valence-electron chi connectivity index (χ4n) is 4.42. The first-order valence-corrected chi connectivity index (χ1v) is 12.8. The van der Waals surface area contributed by atoms with E-state index in [1.807, 2.05) is 0 Å². The van der Waals surface area contributed by atoms with E-state index in [0.717, 1.165) is 24.1 Å². The van der Waals surface area contributed by atoms with Gasteiger partial charge in [0.15, 0.2) is 28.6 Å². The summed E-state index contributed by atoms with van der Waals surface area (Å²) in [7, 11) is 0. The topological polar surface area (TPSA) is 197 Å². The van der Waals surface area contributed by atoms with Crippen molar-refractivity contribution in [1.82, 2.24) is 15.2 Å². The molecule has 2 aliphatic heterocycles. The fourth-order valence-corrected chi connectivity index (χ4v) is 5.21. The van der Waals surface area contributed by atoms with Gasteiger partial charge in [-0.3, -0.25) is 14.4 Å². The zero-order valence-electron chi connectivity index (χ0n) is 20.0. The first-order valence-electron chi connectivity index (χ1n) is 11.3. The number of amides is 3. The van der Waals surface area contributed by atoms with Crippen molar-refractivity contribution in [3.63, 3.8) is 0 Å². The summed E-state index contributed by atoms with van der Waals surface area (Å²) in [6.45, 7) is 3.06. The molecule has 2 fully saturated rings. The van der Waals surface area contributed by atoms with E-state index < -0.39 is 69.0 Å². The summed E-state index contributed by atoms with van der Waals surface area (Å²) in [5, 5.41) is 32.5. The van der Waals surface area contributed by atoms with Gasteiger partial charge in [0.2, 0.25) is 11.8 Å². The number of nitrogens with one attached hydrogen (secondary N) is 1. The van der Waals surface area contributed by atoms with E-state index in [0.29, 0.717) is 19.4 Å². The van der Waals surface area contributed by atoms with Gasteiger partial charge in [0.25, 0.3) is 5.91 Å². The second kappa shape index (κ2) is 11.0. The third kappa shape index (κ3) is 5.55. The van der Waals surface area contributed by atoms with Crippen molar-refractivity contribution in [2.75, 3.05) is 13.1 Å². The van der Waals surface area contributed by atoms with E-state index >= 15 is 0 Å². The number of carboxylic acid groups (broad SMARTS) is 1. The predicted molar refractivity (Wildman–Crippen MR) is 132 cm³/mol. The molecule has 0 saturated carbocycles. The fraction of sp³-hybridized carbons (Fsp3) is 0.500. The summed E-state index contributed by atoms with van der Waals surface area (Å²) in [4.78, 5) is 51.9. The third-order valence-corrected chi connectivity index (χ3v) is 8.03. The van der Waals surface area contributed by atoms with Crippen molar-refractivity contribution in [1.29, 1.82) is 0 Å². The van der Waals surface area contributed by atoms with Crippen LogP contribution >= 0.6 is 11.6 Å². The molecule has 0 aliphatic carbocycles. The van der Waals surface area contributed by atoms with Crippen molar-refractivity contribution in [3.8, 4) is 11.5 Å². The molecule has 1 aromatic carbocycles. The maximum absolute atomic E-state index is 12.9. The molecule has 3 rings (SSSR count). The van der Waals surface area contributed by atoms with Crippen LogP contribution in [-0.4, -0.2) is 93.7 Å². The van der Waals surface area contributed by atoms with Crippen LogP contribution in [0.15, 0.2) is 17.2 Å². The number of carbonyl (C=O) groups excluding carboxylic acids is 3. The highest BCUT2D eigenvalue weighted by atomic mass is 35.5. The van der Waals surface area contributed by atoms with E-state index in [2.05, 4.69) is 10.5 Å². The second-order valence-electron chi connectivity index (χ2n) is 9.15. The molecule has 0 bridgehead atoms. The van der Waals surface area contributed by atoms with E-state index in [-0.39, 0.29) is 23.6 Å². The number of carboxylic acids is 1. The monoisotopic (exact) mass is 558 g/mol. The average molecular weight is 559 g/mol. The van der Waals surface area contributed by atoms with E-state index in [9.17, 15) is 43.3 Å². The lowest BCUT2D eigenvalue weighted by molar-refractivity contribution is -0.161. The highest BCUT2D eigenvalue weighted by molar-refractivity contribution is 7.81. The number of nitrogens with zero attached hydrogens (tertiary/aromatic N) is 3. The van der Waals surface area contributed by atoms with Crippen LogP contribution in [0.5, 0.6) is 11.5 Å². The van der Waals surface area contributed by atoms with Crippen LogP contribution in [-0.2, 0) is 25.5 Å². The summed E-state index contributed by atoms with van der Waals surface area (Å²) in [6.07, 6.45) is 1.81. The normalized spacial score (nSPS) is 23.2. The molecular weight excluding hydrogens is 532 g/mol. The molecule has 2 saturated heterocycles. The maximum atomic E-state index is 12.9. The number of piperidine rings is 1. The van der Waals surface area contributed by atoms with Crippen LogP contribution < -0.4 is 5.43 Å². The van der Waals surface area contributed by atoms with E-state index in [1.165, 1.54) is 11.0 Å². The molecular formula is C22H27ClN4O9S. The largest absolute Gasteiger partial charge is 0.504 e. The number of halogens is 1. The van der Waals surface area contributed by atoms with Crippen LogP contribution in [0.2, 0.25) is 5.02 Å². The number of aromatic hydroxyl groups is 2. The predicted octanol–water partition coefficient (Wildman–Crippen LogP) is 0.760. The lowest BCUT2D eigenvalue weighted by atomic mass is 9.92. The van der Waals surface area contributed by atoms with E-state index in [4.69, 9.17) is 11.6 Å². The molecule has 0 spiro atoms. The Hall–Kier alpha value is -3.23. The lowest BCUT2D eigenvalue weighted by Gasteiger charge is -2.46. The first-order chi connectivity index (χ1) is 17.3. The van der Waals surface area contributed by atoms with Gasteiger partial charge < -0.3 is 29.7 Å². The number of phenols is 2. The molecule has 202 valence electrons. The number of hydrogen-bond acceptors (Lipinski definition) is 8. The molecule has 13 nitrogen and oxygen atoms in total. The SMILES string of the molecule is C[C@@H]1CC(=O)N1[C@@H](C(=O)O)[C@](C)(/C=N/NC(=O)C1CCCN(C(=O)c2ccc(O)c(O)c2Cl)C1)S(=O)O. The standard InChI is InChI=1S/C22H27ClN4O9S/c1-11-8-15(29)27(11)18(21(33)34)22(2,37(35)36)10-24-25-19(31)12-4-3-7-26(9-12)20(32)13-5-6-14(28)17(30)16(13)23/h5-6,10-12,18,28,30H,3-4,7-9H2,1-2H3,(H,25,31)(H,33,34)(H,35,36)/b24-10+/t11-,12?,18+,22+/m1/s1. The van der Waals surface area contributed by atoms with Gasteiger partial charge in [-0.25, -0.2) is 14.4 Å². The second-order valence-corrected chi connectivity index (χ2v) is 10.9. The average Bonchev–Trinajstić information content (AvgIpc) is 2.85. The third-order valence-electron chi connectivity index (χ3n) is 6.56. The Morgan fingerprint density at radius 3 is 2.57 bits per heavy atom. The Balaban J connectivity index is 1.71. The molecule has 37 heavy (non-hydrogen) atoms. The van der Waals surface area contributed by atoms with Crippen molar-refractivity contribution in [2.24, 2.45) is 11.0 Å². The summed E-state index contributed by atoms with van der Waals surface area (Å²) in [5.74, 6) is -4.97. The summed E-state index contributed by atoms with van der Waals surface area (Å²) < 4.78 is 20.0. The van der Waals surface area contributed by atoms with Gasteiger partial charge in [-0.1, -0.05) is 11.6 Å². The van der Waals surface area contributed by atoms with Crippen LogP contribution in [0.3, 0.4) is 0 Å². The van der Waals surface area contributed by atoms with Crippen molar-refractivity contribution in [3.05, 3.63) is 22.7 Å². The minimum Gasteiger partial charge on any atom is -0.504 e. The summed E-state index contributed by atoms with van der Waals surface area (Å²) in [6, 6.07) is 0.239. The zero-order chi connectivity index (χ0) is 27.7. The number of benzene rings is 1. The minimum atomic E-state index is -2.78. The first kappa shape index (κ1) is 28.3. The number of hydrogen-bond donors (Lipinski definition) is 5. The molecule has 0 aromatic heterocycles. The van der Waals surface area contributed by atoms with Gasteiger partial charge >= 0.3 is 5.97 Å². The molecule has 3 amide bonds. The van der Waals surface area contributed by atoms with Gasteiger partial charge in [0.05, 0.1) is 16.5 Å². The Morgan fingerprint density at radius 2 is 2.00 bits per heavy atom. The van der Waals surface area contributed by atoms with Crippen molar-refractivity contribution >= 4 is 52.6 Å². The number of likely N-dealkylation sites (tertiary alicyclic amines) is 2. The van der Waals surface area contributed by atoms with Gasteiger partial charge in [-0.15, -0.1) is 0 Å². The molecule has 0 radical (unpaired) electrons. The number of hydrazone groups is 1. The smallest absolute Gasteiger partial charge is 0.328 e. The van der Waals surface area contributed by atoms with Gasteiger partial charge in [-0.05, 0) is 38.8 Å². The van der Waals surface area contributed by atoms with E-state index in [1.54, 1.807) is 6.92 Å². The Labute approximate surface area is 219 Å². The van der Waals surface area contributed by atoms with Gasteiger partial charge in [0.1, 0.15) is 4.75 Å². The minimum absolute atomic E-state index is 0.0150. The highest BCUT2D eigenvalue weighted by Gasteiger charge is 2.53. The number of carbonyl (C=O) groups is 4.